The normalized spacial score (nSPS) is 11.8. The fourth-order valence-electron chi connectivity index (χ4n) is 0.682. The molecular weight excluding hydrogens is 198 g/mol. The van der Waals surface area contributed by atoms with Crippen molar-refractivity contribution >= 4 is 23.7 Å². The molecule has 0 heterocycles. The number of ether oxygens (including phenoxy) is 1. The molecule has 0 bridgehead atoms. The molecule has 0 aromatic rings. The number of alkyl carbamates (subject to hydrolysis) is 1. The lowest BCUT2D eigenvalue weighted by atomic mass is 10.2. The molecule has 5 nitrogen and oxygen atoms in total. The number of amides is 1. The monoisotopic (exact) mass is 209 g/mol. The summed E-state index contributed by atoms with van der Waals surface area (Å²) in [6.07, 6.45) is -0.560. The Hall–Kier alpha value is -0.970. The van der Waals surface area contributed by atoms with Crippen molar-refractivity contribution in [2.45, 2.75) is 19.4 Å². The Bertz CT molecular complexity index is 185. The molecule has 0 radical (unpaired) electrons. The van der Waals surface area contributed by atoms with Crippen LogP contribution >= 0.6 is 11.6 Å². The van der Waals surface area contributed by atoms with Gasteiger partial charge in [-0.25, -0.2) is 9.59 Å². The van der Waals surface area contributed by atoms with Crippen molar-refractivity contribution in [2.24, 2.45) is 0 Å². The van der Waals surface area contributed by atoms with Gasteiger partial charge in [-0.3, -0.25) is 0 Å². The van der Waals surface area contributed by atoms with E-state index in [-0.39, 0.29) is 18.9 Å². The lowest BCUT2D eigenvalue weighted by Gasteiger charge is -2.12. The van der Waals surface area contributed by atoms with Gasteiger partial charge in [-0.05, 0) is 13.3 Å². The van der Waals surface area contributed by atoms with Crippen LogP contribution in [0.1, 0.15) is 13.3 Å². The summed E-state index contributed by atoms with van der Waals surface area (Å²) in [5.74, 6) is -0.947. The Morgan fingerprint density at radius 3 is 2.62 bits per heavy atom. The van der Waals surface area contributed by atoms with E-state index in [1.54, 1.807) is 6.92 Å². The average molecular weight is 210 g/mol. The summed E-state index contributed by atoms with van der Waals surface area (Å²) in [7, 11) is 0. The number of aliphatic carboxylic acids is 1. The van der Waals surface area contributed by atoms with Crippen molar-refractivity contribution in [3.8, 4) is 0 Å². The molecule has 0 saturated carbocycles. The van der Waals surface area contributed by atoms with Crippen molar-refractivity contribution in [3.05, 3.63) is 0 Å². The SMILES string of the molecule is CCOC(=O)N[C@@H](CCCl)C(=O)O. The number of hydrogen-bond donors (Lipinski definition) is 2. The molecule has 0 aliphatic rings. The van der Waals surface area contributed by atoms with E-state index in [0.29, 0.717) is 0 Å². The Kier molecular flexibility index (Phi) is 6.05. The second-order valence-electron chi connectivity index (χ2n) is 2.23. The second kappa shape index (κ2) is 6.54. The fourth-order valence-corrected chi connectivity index (χ4v) is 0.900. The number of hydrogen-bond acceptors (Lipinski definition) is 3. The van der Waals surface area contributed by atoms with E-state index >= 15 is 0 Å². The Balaban J connectivity index is 3.94. The first kappa shape index (κ1) is 12.0. The quantitative estimate of drug-likeness (QED) is 0.658. The highest BCUT2D eigenvalue weighted by Crippen LogP contribution is 1.95. The van der Waals surface area contributed by atoms with Gasteiger partial charge in [-0.2, -0.15) is 0 Å². The van der Waals surface area contributed by atoms with E-state index < -0.39 is 18.1 Å². The first-order valence-corrected chi connectivity index (χ1v) is 4.37. The Labute approximate surface area is 81.0 Å². The van der Waals surface area contributed by atoms with Gasteiger partial charge in [0.2, 0.25) is 0 Å². The summed E-state index contributed by atoms with van der Waals surface area (Å²) in [6.45, 7) is 1.84. The van der Waals surface area contributed by atoms with Gasteiger partial charge >= 0.3 is 12.1 Å². The van der Waals surface area contributed by atoms with E-state index in [1.165, 1.54) is 0 Å². The van der Waals surface area contributed by atoms with Crippen LogP contribution in [0.15, 0.2) is 0 Å². The van der Waals surface area contributed by atoms with Gasteiger partial charge in [-0.15, -0.1) is 11.6 Å². The minimum absolute atomic E-state index is 0.170. The van der Waals surface area contributed by atoms with Gasteiger partial charge < -0.3 is 15.2 Å². The van der Waals surface area contributed by atoms with Crippen LogP contribution in [0, 0.1) is 0 Å². The van der Waals surface area contributed by atoms with Crippen LogP contribution in [0.25, 0.3) is 0 Å². The highest BCUT2D eigenvalue weighted by Gasteiger charge is 2.19. The van der Waals surface area contributed by atoms with Crippen molar-refractivity contribution in [1.82, 2.24) is 5.32 Å². The molecular formula is C7H12ClNO4. The van der Waals surface area contributed by atoms with E-state index in [9.17, 15) is 9.59 Å². The van der Waals surface area contributed by atoms with Crippen LogP contribution in [0.2, 0.25) is 0 Å². The van der Waals surface area contributed by atoms with E-state index in [2.05, 4.69) is 10.1 Å². The van der Waals surface area contributed by atoms with Gasteiger partial charge in [0.15, 0.2) is 0 Å². The molecule has 0 aromatic carbocycles. The number of carbonyl (C=O) groups is 2. The molecule has 76 valence electrons. The van der Waals surface area contributed by atoms with Crippen LogP contribution in [-0.4, -0.2) is 35.7 Å². The standard InChI is InChI=1S/C7H12ClNO4/c1-2-13-7(12)9-5(3-4-8)6(10)11/h5H,2-4H2,1H3,(H,9,12)(H,10,11)/t5-/m0/s1. The molecule has 0 saturated heterocycles. The molecule has 0 fully saturated rings. The third-order valence-electron chi connectivity index (χ3n) is 1.26. The zero-order chi connectivity index (χ0) is 10.3. The summed E-state index contributed by atoms with van der Waals surface area (Å²) < 4.78 is 4.51. The first-order chi connectivity index (χ1) is 6.11. The molecule has 0 unspecified atom stereocenters. The number of carbonyl (C=O) groups excluding carboxylic acids is 1. The molecule has 1 amide bonds. The van der Waals surface area contributed by atoms with Gasteiger partial charge in [-0.1, -0.05) is 0 Å². The first-order valence-electron chi connectivity index (χ1n) is 3.83. The average Bonchev–Trinajstić information content (AvgIpc) is 2.04. The van der Waals surface area contributed by atoms with Crippen molar-refractivity contribution in [1.29, 1.82) is 0 Å². The fraction of sp³-hybridized carbons (Fsp3) is 0.714. The van der Waals surface area contributed by atoms with Crippen LogP contribution in [0.3, 0.4) is 0 Å². The molecule has 0 spiro atoms. The van der Waals surface area contributed by atoms with E-state index in [1.807, 2.05) is 0 Å². The maximum Gasteiger partial charge on any atom is 0.407 e. The summed E-state index contributed by atoms with van der Waals surface area (Å²) in [5.41, 5.74) is 0. The maximum atomic E-state index is 10.8. The van der Waals surface area contributed by atoms with Gasteiger partial charge in [0.05, 0.1) is 6.61 Å². The highest BCUT2D eigenvalue weighted by atomic mass is 35.5. The van der Waals surface area contributed by atoms with Crippen LogP contribution in [-0.2, 0) is 9.53 Å². The smallest absolute Gasteiger partial charge is 0.407 e. The van der Waals surface area contributed by atoms with Crippen LogP contribution in [0.5, 0.6) is 0 Å². The topological polar surface area (TPSA) is 75.6 Å². The lowest BCUT2D eigenvalue weighted by molar-refractivity contribution is -0.139. The zero-order valence-corrected chi connectivity index (χ0v) is 8.00. The Morgan fingerprint density at radius 2 is 2.23 bits per heavy atom. The highest BCUT2D eigenvalue weighted by molar-refractivity contribution is 6.18. The second-order valence-corrected chi connectivity index (χ2v) is 2.61. The molecule has 0 rings (SSSR count). The van der Waals surface area contributed by atoms with Crippen molar-refractivity contribution < 1.29 is 19.4 Å². The van der Waals surface area contributed by atoms with Crippen LogP contribution < -0.4 is 5.32 Å². The molecule has 2 N–H and O–H groups in total. The van der Waals surface area contributed by atoms with Gasteiger partial charge in [0, 0.05) is 5.88 Å². The van der Waals surface area contributed by atoms with E-state index in [4.69, 9.17) is 16.7 Å². The number of halogens is 1. The number of carboxylic acids is 1. The van der Waals surface area contributed by atoms with Crippen molar-refractivity contribution in [2.75, 3.05) is 12.5 Å². The minimum Gasteiger partial charge on any atom is -0.480 e. The third kappa shape index (κ3) is 5.30. The molecule has 6 heteroatoms. The molecule has 0 aliphatic carbocycles. The molecule has 1 atom stereocenters. The third-order valence-corrected chi connectivity index (χ3v) is 1.48. The number of nitrogens with one attached hydrogen (secondary N) is 1. The van der Waals surface area contributed by atoms with Crippen LogP contribution in [0.4, 0.5) is 4.79 Å². The largest absolute Gasteiger partial charge is 0.480 e. The zero-order valence-electron chi connectivity index (χ0n) is 7.25. The predicted molar refractivity (Wildman–Crippen MR) is 46.9 cm³/mol. The molecule has 0 aliphatic heterocycles. The number of alkyl halides is 1. The van der Waals surface area contributed by atoms with Gasteiger partial charge in [0.25, 0.3) is 0 Å². The maximum absolute atomic E-state index is 10.8. The Morgan fingerprint density at radius 1 is 1.62 bits per heavy atom. The van der Waals surface area contributed by atoms with Crippen molar-refractivity contribution in [3.63, 3.8) is 0 Å². The summed E-state index contributed by atoms with van der Waals surface area (Å²) >= 11 is 5.35. The van der Waals surface area contributed by atoms with E-state index in [0.717, 1.165) is 0 Å². The lowest BCUT2D eigenvalue weighted by Crippen LogP contribution is -2.41. The van der Waals surface area contributed by atoms with Gasteiger partial charge in [0.1, 0.15) is 6.04 Å². The molecule has 0 aromatic heterocycles. The minimum atomic E-state index is -1.12. The number of rotatable bonds is 5. The summed E-state index contributed by atoms with van der Waals surface area (Å²) in [6, 6.07) is -0.975. The predicted octanol–water partition coefficient (Wildman–Crippen LogP) is 0.815. The number of carboxylic acid groups (broad SMARTS) is 1. The molecule has 13 heavy (non-hydrogen) atoms. The summed E-state index contributed by atoms with van der Waals surface area (Å²) in [4.78, 5) is 21.3. The summed E-state index contributed by atoms with van der Waals surface area (Å²) in [5, 5.41) is 10.8.